The van der Waals surface area contributed by atoms with Gasteiger partial charge in [0, 0.05) is 21.1 Å². The topological polar surface area (TPSA) is 0 Å². The fourth-order valence-electron chi connectivity index (χ4n) is 0. The molecule has 0 bridgehead atoms. The first kappa shape index (κ1) is 8.83. The maximum Gasteiger partial charge on any atom is 0 e. The van der Waals surface area contributed by atoms with Crippen LogP contribution in [0.3, 0.4) is 0 Å². The molecule has 0 unspecified atom stereocenters. The Hall–Kier alpha value is 0.428. The Morgan fingerprint density at radius 3 is 1.75 bits per heavy atom. The molecule has 0 aliphatic rings. The minimum Gasteiger partial charge on any atom is -0.507 e. The van der Waals surface area contributed by atoms with Gasteiger partial charge in [0.25, 0.3) is 0 Å². The number of rotatable bonds is 0. The minimum absolute atomic E-state index is 0. The van der Waals surface area contributed by atoms with Gasteiger partial charge >= 0.3 is 0 Å². The summed E-state index contributed by atoms with van der Waals surface area (Å²) in [6.07, 6.45) is 2.50. The van der Waals surface area contributed by atoms with E-state index in [1.54, 1.807) is 6.92 Å². The molecule has 0 rings (SSSR count). The maximum atomic E-state index is 3.24. The normalized spacial score (nSPS) is 3.25. The van der Waals surface area contributed by atoms with Crippen molar-refractivity contribution >= 4 is 0 Å². The molecule has 4 heavy (non-hydrogen) atoms. The predicted molar refractivity (Wildman–Crippen MR) is 14.5 cm³/mol. The molecule has 0 fully saturated rings. The van der Waals surface area contributed by atoms with E-state index in [9.17, 15) is 0 Å². The molecule has 0 amide bonds. The van der Waals surface area contributed by atoms with Crippen LogP contribution in [0.1, 0.15) is 6.92 Å². The van der Waals surface area contributed by atoms with Gasteiger partial charge in [0.15, 0.2) is 0 Å². The van der Waals surface area contributed by atoms with E-state index in [4.69, 9.17) is 0 Å². The molecule has 0 aromatic heterocycles. The molecule has 28 valence electrons. The number of allylic oxidation sites excluding steroid dienone is 1. The minimum atomic E-state index is 0. The van der Waals surface area contributed by atoms with E-state index in [0.29, 0.717) is 0 Å². The predicted octanol–water partition coefficient (Wildman–Crippen LogP) is 0.993. The van der Waals surface area contributed by atoms with Crippen LogP contribution in [0.25, 0.3) is 0 Å². The summed E-state index contributed by atoms with van der Waals surface area (Å²) < 4.78 is 0. The smallest absolute Gasteiger partial charge is 0 e. The number of hydrogen-bond donors (Lipinski definition) is 0. The average Bonchev–Trinajstić information content (AvgIpc) is 0.918. The van der Waals surface area contributed by atoms with Crippen molar-refractivity contribution in [1.29, 1.82) is 0 Å². The summed E-state index contributed by atoms with van der Waals surface area (Å²) >= 11 is 0. The summed E-state index contributed by atoms with van der Waals surface area (Å²) in [6, 6.07) is 0. The summed E-state index contributed by atoms with van der Waals surface area (Å²) in [4.78, 5) is 0. The molecular weight excluding hydrogens is 231 g/mol. The van der Waals surface area contributed by atoms with E-state index in [-0.39, 0.29) is 21.1 Å². The molecule has 0 aliphatic heterocycles. The third-order valence-corrected chi connectivity index (χ3v) is 0. The van der Waals surface area contributed by atoms with Gasteiger partial charge in [0.1, 0.15) is 0 Å². The summed E-state index contributed by atoms with van der Waals surface area (Å²) in [5, 5.41) is 0. The second-order valence-electron chi connectivity index (χ2n) is 0.354. The van der Waals surface area contributed by atoms with Gasteiger partial charge in [-0.25, -0.2) is 0 Å². The SMILES string of the molecule is C=[C-]C.[Pt]. The molecule has 0 aromatic rings. The third-order valence-electron chi connectivity index (χ3n) is 0. The van der Waals surface area contributed by atoms with Crippen molar-refractivity contribution in [1.82, 2.24) is 0 Å². The largest absolute Gasteiger partial charge is 0.507 e. The molecule has 0 aromatic carbocycles. The molecule has 0 saturated heterocycles. The van der Waals surface area contributed by atoms with E-state index in [1.807, 2.05) is 0 Å². The van der Waals surface area contributed by atoms with Crippen LogP contribution in [0, 0.1) is 6.08 Å². The summed E-state index contributed by atoms with van der Waals surface area (Å²) in [5.74, 6) is 0. The van der Waals surface area contributed by atoms with Crippen molar-refractivity contribution in [3.63, 3.8) is 0 Å². The van der Waals surface area contributed by atoms with Gasteiger partial charge in [-0.1, -0.05) is 0 Å². The molecule has 0 saturated carbocycles. The van der Waals surface area contributed by atoms with Crippen molar-refractivity contribution in [2.75, 3.05) is 0 Å². The Balaban J connectivity index is 0. The molecule has 0 nitrogen and oxygen atoms in total. The van der Waals surface area contributed by atoms with Crippen LogP contribution in [0.4, 0.5) is 0 Å². The van der Waals surface area contributed by atoms with Gasteiger partial charge in [-0.15, -0.1) is 0 Å². The Labute approximate surface area is 41.2 Å². The van der Waals surface area contributed by atoms with Gasteiger partial charge in [0.05, 0.1) is 0 Å². The van der Waals surface area contributed by atoms with E-state index >= 15 is 0 Å². The van der Waals surface area contributed by atoms with Crippen molar-refractivity contribution < 1.29 is 21.1 Å². The molecule has 0 aliphatic carbocycles. The Kier molecular flexibility index (Phi) is 21.9. The first-order valence-corrected chi connectivity index (χ1v) is 0.854. The second-order valence-corrected chi connectivity index (χ2v) is 0.354. The Bertz CT molecular complexity index is 10.8. The third kappa shape index (κ3) is 27.0. The van der Waals surface area contributed by atoms with Crippen LogP contribution in [0.15, 0.2) is 6.58 Å². The number of hydrogen-bond acceptors (Lipinski definition) is 0. The van der Waals surface area contributed by atoms with Gasteiger partial charge in [-0.05, 0) is 0 Å². The first-order chi connectivity index (χ1) is 1.41. The van der Waals surface area contributed by atoms with Gasteiger partial charge in [0.2, 0.25) is 0 Å². The van der Waals surface area contributed by atoms with Crippen LogP contribution in [-0.2, 0) is 21.1 Å². The zero-order chi connectivity index (χ0) is 2.71. The molecule has 1 heteroatoms. The van der Waals surface area contributed by atoms with Crippen LogP contribution in [-0.4, -0.2) is 0 Å². The van der Waals surface area contributed by atoms with Crippen LogP contribution in [0.5, 0.6) is 0 Å². The standard InChI is InChI=1S/C3H5.Pt/c1-3-2;/h1H2,2H3;/q-1;. The molecule has 0 heterocycles. The van der Waals surface area contributed by atoms with Gasteiger partial charge in [-0.2, -0.15) is 6.92 Å². The second kappa shape index (κ2) is 9.91. The van der Waals surface area contributed by atoms with Crippen molar-refractivity contribution in [3.05, 3.63) is 12.7 Å². The maximum absolute atomic E-state index is 3.24. The van der Waals surface area contributed by atoms with Crippen molar-refractivity contribution in [3.8, 4) is 0 Å². The quantitative estimate of drug-likeness (QED) is 0.550. The van der Waals surface area contributed by atoms with Gasteiger partial charge < -0.3 is 6.08 Å². The van der Waals surface area contributed by atoms with Crippen molar-refractivity contribution in [2.45, 2.75) is 6.92 Å². The molecule has 0 spiro atoms. The monoisotopic (exact) mass is 236 g/mol. The fourth-order valence-corrected chi connectivity index (χ4v) is 0. The van der Waals surface area contributed by atoms with E-state index in [0.717, 1.165) is 0 Å². The average molecular weight is 236 g/mol. The van der Waals surface area contributed by atoms with E-state index in [2.05, 4.69) is 12.7 Å². The van der Waals surface area contributed by atoms with Gasteiger partial charge in [-0.3, -0.25) is 6.58 Å². The molecular formula is C3H5Pt-. The van der Waals surface area contributed by atoms with E-state index < -0.39 is 0 Å². The molecule has 0 atom stereocenters. The Morgan fingerprint density at radius 2 is 1.75 bits per heavy atom. The Morgan fingerprint density at radius 1 is 1.75 bits per heavy atom. The summed E-state index contributed by atoms with van der Waals surface area (Å²) in [7, 11) is 0. The van der Waals surface area contributed by atoms with Crippen LogP contribution in [0.2, 0.25) is 0 Å². The molecule has 0 radical (unpaired) electrons. The molecule has 0 N–H and O–H groups in total. The summed E-state index contributed by atoms with van der Waals surface area (Å²) in [5.41, 5.74) is 0. The zero-order valence-corrected chi connectivity index (χ0v) is 4.80. The van der Waals surface area contributed by atoms with Crippen molar-refractivity contribution in [2.24, 2.45) is 0 Å². The van der Waals surface area contributed by atoms with E-state index in [1.165, 1.54) is 0 Å². The van der Waals surface area contributed by atoms with Crippen LogP contribution >= 0.6 is 0 Å². The zero-order valence-electron chi connectivity index (χ0n) is 2.52. The van der Waals surface area contributed by atoms with Crippen LogP contribution < -0.4 is 0 Å². The summed E-state index contributed by atoms with van der Waals surface area (Å²) in [6.45, 7) is 5.00. The first-order valence-electron chi connectivity index (χ1n) is 0.854. The fraction of sp³-hybridized carbons (Fsp3) is 0.333.